The average molecular weight is 271 g/mol. The van der Waals surface area contributed by atoms with E-state index >= 15 is 0 Å². The summed E-state index contributed by atoms with van der Waals surface area (Å²) in [6.45, 7) is 8.48. The van der Waals surface area contributed by atoms with Crippen LogP contribution in [-0.4, -0.2) is 9.78 Å². The van der Waals surface area contributed by atoms with Crippen molar-refractivity contribution in [2.24, 2.45) is 0 Å². The standard InChI is InChI=1S/C17H25N3/c1-4-10-20-13-15(12-19-20)11-18-17-8-6-16(7-9-17)14(3)5-2/h6-9,12-14,18H,4-5,10-11H2,1-3H3. The molecular formula is C17H25N3. The van der Waals surface area contributed by atoms with Gasteiger partial charge < -0.3 is 5.32 Å². The highest BCUT2D eigenvalue weighted by Crippen LogP contribution is 2.20. The maximum Gasteiger partial charge on any atom is 0.0539 e. The van der Waals surface area contributed by atoms with Gasteiger partial charge >= 0.3 is 0 Å². The Morgan fingerprint density at radius 2 is 1.95 bits per heavy atom. The van der Waals surface area contributed by atoms with Gasteiger partial charge in [-0.25, -0.2) is 0 Å². The van der Waals surface area contributed by atoms with Gasteiger partial charge in [-0.05, 0) is 36.5 Å². The average Bonchev–Trinajstić information content (AvgIpc) is 2.93. The van der Waals surface area contributed by atoms with Crippen LogP contribution in [0.25, 0.3) is 0 Å². The van der Waals surface area contributed by atoms with Crippen LogP contribution in [0.15, 0.2) is 36.7 Å². The minimum atomic E-state index is 0.635. The molecule has 2 rings (SSSR count). The Morgan fingerprint density at radius 1 is 1.20 bits per heavy atom. The van der Waals surface area contributed by atoms with E-state index in [4.69, 9.17) is 0 Å². The van der Waals surface area contributed by atoms with Gasteiger partial charge in [0, 0.05) is 30.5 Å². The molecule has 0 saturated heterocycles. The third-order valence-corrected chi connectivity index (χ3v) is 3.73. The minimum absolute atomic E-state index is 0.635. The van der Waals surface area contributed by atoms with Crippen LogP contribution < -0.4 is 5.32 Å². The van der Waals surface area contributed by atoms with Crippen molar-refractivity contribution >= 4 is 5.69 Å². The van der Waals surface area contributed by atoms with Gasteiger partial charge in [-0.15, -0.1) is 0 Å². The summed E-state index contributed by atoms with van der Waals surface area (Å²) in [6, 6.07) is 8.77. The molecule has 1 aromatic heterocycles. The number of hydrogen-bond acceptors (Lipinski definition) is 2. The predicted octanol–water partition coefficient (Wildman–Crippen LogP) is 4.42. The molecule has 3 nitrogen and oxygen atoms in total. The molecule has 20 heavy (non-hydrogen) atoms. The summed E-state index contributed by atoms with van der Waals surface area (Å²) >= 11 is 0. The molecule has 1 aromatic carbocycles. The number of nitrogens with zero attached hydrogens (tertiary/aromatic N) is 2. The van der Waals surface area contributed by atoms with E-state index in [1.807, 2.05) is 10.9 Å². The van der Waals surface area contributed by atoms with E-state index in [1.165, 1.54) is 23.2 Å². The molecule has 0 aliphatic carbocycles. The van der Waals surface area contributed by atoms with Crippen LogP contribution in [0.3, 0.4) is 0 Å². The Hall–Kier alpha value is -1.77. The summed E-state index contributed by atoms with van der Waals surface area (Å²) in [6.07, 6.45) is 6.36. The largest absolute Gasteiger partial charge is 0.381 e. The number of hydrogen-bond donors (Lipinski definition) is 1. The second-order valence-corrected chi connectivity index (χ2v) is 5.40. The predicted molar refractivity (Wildman–Crippen MR) is 85.0 cm³/mol. The van der Waals surface area contributed by atoms with Gasteiger partial charge in [0.1, 0.15) is 0 Å². The fourth-order valence-corrected chi connectivity index (χ4v) is 2.22. The van der Waals surface area contributed by atoms with Crippen molar-refractivity contribution in [3.63, 3.8) is 0 Å². The van der Waals surface area contributed by atoms with E-state index in [0.29, 0.717) is 5.92 Å². The second kappa shape index (κ2) is 7.13. The zero-order valence-electron chi connectivity index (χ0n) is 12.8. The molecule has 1 N–H and O–H groups in total. The fraction of sp³-hybridized carbons (Fsp3) is 0.471. The highest BCUT2D eigenvalue weighted by atomic mass is 15.3. The zero-order chi connectivity index (χ0) is 14.4. The lowest BCUT2D eigenvalue weighted by atomic mass is 9.99. The van der Waals surface area contributed by atoms with E-state index < -0.39 is 0 Å². The molecule has 0 radical (unpaired) electrons. The van der Waals surface area contributed by atoms with Gasteiger partial charge in [0.2, 0.25) is 0 Å². The topological polar surface area (TPSA) is 29.9 Å². The van der Waals surface area contributed by atoms with Crippen molar-refractivity contribution in [3.8, 4) is 0 Å². The van der Waals surface area contributed by atoms with Crippen LogP contribution in [0.5, 0.6) is 0 Å². The first-order chi connectivity index (χ1) is 9.72. The number of aromatic nitrogens is 2. The summed E-state index contributed by atoms with van der Waals surface area (Å²) in [5.41, 5.74) is 3.80. The van der Waals surface area contributed by atoms with E-state index in [1.54, 1.807) is 0 Å². The fourth-order valence-electron chi connectivity index (χ4n) is 2.22. The summed E-state index contributed by atoms with van der Waals surface area (Å²) < 4.78 is 2.00. The normalized spacial score (nSPS) is 12.3. The molecule has 0 aliphatic rings. The lowest BCUT2D eigenvalue weighted by Gasteiger charge is -2.10. The van der Waals surface area contributed by atoms with Crippen molar-refractivity contribution in [2.75, 3.05) is 5.32 Å². The van der Waals surface area contributed by atoms with Gasteiger partial charge in [0.25, 0.3) is 0 Å². The Morgan fingerprint density at radius 3 is 2.60 bits per heavy atom. The highest BCUT2D eigenvalue weighted by Gasteiger charge is 2.03. The third kappa shape index (κ3) is 3.86. The first-order valence-electron chi connectivity index (χ1n) is 7.58. The first-order valence-corrected chi connectivity index (χ1v) is 7.58. The molecular weight excluding hydrogens is 246 g/mol. The molecule has 1 heterocycles. The van der Waals surface area contributed by atoms with Crippen molar-refractivity contribution < 1.29 is 0 Å². The zero-order valence-corrected chi connectivity index (χ0v) is 12.8. The van der Waals surface area contributed by atoms with Crippen LogP contribution in [0.4, 0.5) is 5.69 Å². The molecule has 0 fully saturated rings. The van der Waals surface area contributed by atoms with Gasteiger partial charge in [-0.2, -0.15) is 5.10 Å². The van der Waals surface area contributed by atoms with Crippen LogP contribution in [-0.2, 0) is 13.1 Å². The highest BCUT2D eigenvalue weighted by molar-refractivity contribution is 5.45. The molecule has 0 spiro atoms. The second-order valence-electron chi connectivity index (χ2n) is 5.40. The summed E-state index contributed by atoms with van der Waals surface area (Å²) in [7, 11) is 0. The molecule has 108 valence electrons. The molecule has 1 unspecified atom stereocenters. The molecule has 0 aliphatic heterocycles. The van der Waals surface area contributed by atoms with E-state index in [9.17, 15) is 0 Å². The third-order valence-electron chi connectivity index (χ3n) is 3.73. The quantitative estimate of drug-likeness (QED) is 0.808. The summed E-state index contributed by atoms with van der Waals surface area (Å²) in [5.74, 6) is 0.635. The Kier molecular flexibility index (Phi) is 5.22. The Balaban J connectivity index is 1.89. The molecule has 0 saturated carbocycles. The van der Waals surface area contributed by atoms with Crippen molar-refractivity contribution in [3.05, 3.63) is 47.8 Å². The van der Waals surface area contributed by atoms with Crippen LogP contribution in [0.1, 0.15) is 50.7 Å². The molecule has 0 amide bonds. The van der Waals surface area contributed by atoms with Crippen molar-refractivity contribution in [1.29, 1.82) is 0 Å². The van der Waals surface area contributed by atoms with Crippen LogP contribution in [0.2, 0.25) is 0 Å². The maximum absolute atomic E-state index is 4.34. The lowest BCUT2D eigenvalue weighted by molar-refractivity contribution is 0.602. The number of nitrogens with one attached hydrogen (secondary N) is 1. The summed E-state index contributed by atoms with van der Waals surface area (Å²) in [5, 5.41) is 7.79. The smallest absolute Gasteiger partial charge is 0.0539 e. The number of rotatable bonds is 7. The Bertz CT molecular complexity index is 513. The first kappa shape index (κ1) is 14.6. The summed E-state index contributed by atoms with van der Waals surface area (Å²) in [4.78, 5) is 0. The van der Waals surface area contributed by atoms with Gasteiger partial charge in [-0.3, -0.25) is 4.68 Å². The van der Waals surface area contributed by atoms with E-state index in [2.05, 4.69) is 61.6 Å². The van der Waals surface area contributed by atoms with Crippen molar-refractivity contribution in [1.82, 2.24) is 9.78 Å². The molecule has 2 aromatic rings. The maximum atomic E-state index is 4.34. The number of anilines is 1. The van der Waals surface area contributed by atoms with Crippen molar-refractivity contribution in [2.45, 2.75) is 52.6 Å². The molecule has 0 bridgehead atoms. The van der Waals surface area contributed by atoms with E-state index in [-0.39, 0.29) is 0 Å². The van der Waals surface area contributed by atoms with Crippen LogP contribution in [0, 0.1) is 0 Å². The lowest BCUT2D eigenvalue weighted by Crippen LogP contribution is -1.99. The van der Waals surface area contributed by atoms with Gasteiger partial charge in [0.15, 0.2) is 0 Å². The van der Waals surface area contributed by atoms with Crippen LogP contribution >= 0.6 is 0 Å². The molecule has 1 atom stereocenters. The number of aryl methyl sites for hydroxylation is 1. The monoisotopic (exact) mass is 271 g/mol. The number of benzene rings is 1. The molecule has 3 heteroatoms. The van der Waals surface area contributed by atoms with Gasteiger partial charge in [-0.1, -0.05) is 32.9 Å². The SMILES string of the molecule is CCCn1cc(CNc2ccc(C(C)CC)cc2)cn1. The van der Waals surface area contributed by atoms with E-state index in [0.717, 1.165) is 19.5 Å². The minimum Gasteiger partial charge on any atom is -0.381 e. The Labute approximate surface area is 122 Å². The van der Waals surface area contributed by atoms with Gasteiger partial charge in [0.05, 0.1) is 6.20 Å².